The van der Waals surface area contributed by atoms with E-state index in [9.17, 15) is 9.18 Å². The average molecular weight is 254 g/mol. The Morgan fingerprint density at radius 1 is 1.50 bits per heavy atom. The van der Waals surface area contributed by atoms with Gasteiger partial charge in [0.2, 0.25) is 0 Å². The molecule has 1 unspecified atom stereocenters. The number of amides is 2. The first-order valence-electron chi connectivity index (χ1n) is 5.91. The van der Waals surface area contributed by atoms with E-state index in [4.69, 9.17) is 5.11 Å². The standard InChI is InChI=1S/C13H19FN2O2/c1-10(17)7-8-16(2)13(18)15-9-11-5-3-4-6-12(11)14/h3-6,10,17H,7-9H2,1-2H3,(H,15,18). The highest BCUT2D eigenvalue weighted by atomic mass is 19.1. The predicted molar refractivity (Wildman–Crippen MR) is 67.6 cm³/mol. The van der Waals surface area contributed by atoms with E-state index in [1.165, 1.54) is 11.0 Å². The van der Waals surface area contributed by atoms with E-state index in [2.05, 4.69) is 5.32 Å². The third-order valence-corrected chi connectivity index (χ3v) is 2.62. The van der Waals surface area contributed by atoms with Crippen molar-refractivity contribution in [3.63, 3.8) is 0 Å². The molecule has 18 heavy (non-hydrogen) atoms. The second-order valence-electron chi connectivity index (χ2n) is 4.31. The van der Waals surface area contributed by atoms with Crippen molar-refractivity contribution < 1.29 is 14.3 Å². The summed E-state index contributed by atoms with van der Waals surface area (Å²) in [5.74, 6) is -0.329. The van der Waals surface area contributed by atoms with Crippen LogP contribution in [0.5, 0.6) is 0 Å². The van der Waals surface area contributed by atoms with Gasteiger partial charge in [0.25, 0.3) is 0 Å². The maximum Gasteiger partial charge on any atom is 0.317 e. The Hall–Kier alpha value is -1.62. The first-order valence-corrected chi connectivity index (χ1v) is 5.91. The summed E-state index contributed by atoms with van der Waals surface area (Å²) in [6.07, 6.45) is 0.0793. The summed E-state index contributed by atoms with van der Waals surface area (Å²) in [6, 6.07) is 6.04. The molecule has 0 fully saturated rings. The molecular weight excluding hydrogens is 235 g/mol. The molecule has 1 atom stereocenters. The zero-order valence-electron chi connectivity index (χ0n) is 10.7. The van der Waals surface area contributed by atoms with Gasteiger partial charge in [0.1, 0.15) is 5.82 Å². The molecule has 0 aromatic heterocycles. The van der Waals surface area contributed by atoms with Crippen LogP contribution in [0.4, 0.5) is 9.18 Å². The fourth-order valence-corrected chi connectivity index (χ4v) is 1.43. The van der Waals surface area contributed by atoms with Crippen LogP contribution in [0.2, 0.25) is 0 Å². The number of aliphatic hydroxyl groups excluding tert-OH is 1. The summed E-state index contributed by atoms with van der Waals surface area (Å²) in [4.78, 5) is 13.1. The lowest BCUT2D eigenvalue weighted by Gasteiger charge is -2.18. The molecule has 0 saturated carbocycles. The molecule has 1 aromatic rings. The normalized spacial score (nSPS) is 12.0. The number of urea groups is 1. The summed E-state index contributed by atoms with van der Waals surface area (Å²) >= 11 is 0. The number of hydrogen-bond donors (Lipinski definition) is 2. The Kier molecular flexibility index (Phi) is 5.58. The van der Waals surface area contributed by atoms with Crippen LogP contribution in [0.3, 0.4) is 0 Å². The first kappa shape index (κ1) is 14.4. The molecule has 2 amide bonds. The van der Waals surface area contributed by atoms with Crippen molar-refractivity contribution in [1.82, 2.24) is 10.2 Å². The maximum atomic E-state index is 13.3. The van der Waals surface area contributed by atoms with Gasteiger partial charge >= 0.3 is 6.03 Å². The van der Waals surface area contributed by atoms with Crippen LogP contribution in [0, 0.1) is 5.82 Å². The summed E-state index contributed by atoms with van der Waals surface area (Å²) in [6.45, 7) is 2.29. The largest absolute Gasteiger partial charge is 0.393 e. The van der Waals surface area contributed by atoms with Crippen molar-refractivity contribution in [2.75, 3.05) is 13.6 Å². The van der Waals surface area contributed by atoms with E-state index in [0.29, 0.717) is 18.5 Å². The van der Waals surface area contributed by atoms with E-state index in [1.54, 1.807) is 32.2 Å². The lowest BCUT2D eigenvalue weighted by molar-refractivity contribution is 0.163. The molecular formula is C13H19FN2O2. The van der Waals surface area contributed by atoms with Gasteiger partial charge < -0.3 is 15.3 Å². The molecule has 0 spiro atoms. The third kappa shape index (κ3) is 4.71. The van der Waals surface area contributed by atoms with Gasteiger partial charge in [-0.05, 0) is 19.4 Å². The molecule has 0 bridgehead atoms. The molecule has 0 saturated heterocycles. The molecule has 100 valence electrons. The van der Waals surface area contributed by atoms with Crippen molar-refractivity contribution in [1.29, 1.82) is 0 Å². The first-order chi connectivity index (χ1) is 8.50. The lowest BCUT2D eigenvalue weighted by Crippen LogP contribution is -2.38. The highest BCUT2D eigenvalue weighted by molar-refractivity contribution is 5.73. The smallest absolute Gasteiger partial charge is 0.317 e. The molecule has 0 aliphatic rings. The number of hydrogen-bond acceptors (Lipinski definition) is 2. The summed E-state index contributed by atoms with van der Waals surface area (Å²) in [7, 11) is 1.64. The fourth-order valence-electron chi connectivity index (χ4n) is 1.43. The third-order valence-electron chi connectivity index (χ3n) is 2.62. The summed E-state index contributed by atoms with van der Waals surface area (Å²) < 4.78 is 13.3. The Bertz CT molecular complexity index is 396. The Balaban J connectivity index is 2.39. The van der Waals surface area contributed by atoms with Crippen LogP contribution in [0.25, 0.3) is 0 Å². The van der Waals surface area contributed by atoms with Crippen LogP contribution >= 0.6 is 0 Å². The molecule has 2 N–H and O–H groups in total. The molecule has 1 rings (SSSR count). The van der Waals surface area contributed by atoms with Gasteiger partial charge in [0.15, 0.2) is 0 Å². The van der Waals surface area contributed by atoms with Gasteiger partial charge in [-0.1, -0.05) is 18.2 Å². The number of benzene rings is 1. The van der Waals surface area contributed by atoms with Gasteiger partial charge in [-0.3, -0.25) is 0 Å². The SMILES string of the molecule is CC(O)CCN(C)C(=O)NCc1ccccc1F. The van der Waals surface area contributed by atoms with Gasteiger partial charge in [0.05, 0.1) is 6.10 Å². The predicted octanol–water partition coefficient (Wildman–Crippen LogP) is 1.74. The van der Waals surface area contributed by atoms with Crippen LogP contribution in [0.15, 0.2) is 24.3 Å². The van der Waals surface area contributed by atoms with Crippen LogP contribution in [0.1, 0.15) is 18.9 Å². The molecule has 0 aliphatic carbocycles. The highest BCUT2D eigenvalue weighted by Gasteiger charge is 2.09. The minimum atomic E-state index is -0.438. The number of aliphatic hydroxyl groups is 1. The van der Waals surface area contributed by atoms with Gasteiger partial charge in [0, 0.05) is 25.7 Å². The Morgan fingerprint density at radius 2 is 2.17 bits per heavy atom. The minimum absolute atomic E-state index is 0.157. The molecule has 4 nitrogen and oxygen atoms in total. The van der Waals surface area contributed by atoms with Gasteiger partial charge in [-0.25, -0.2) is 9.18 Å². The van der Waals surface area contributed by atoms with Crippen molar-refractivity contribution in [2.45, 2.75) is 26.0 Å². The molecule has 0 heterocycles. The van der Waals surface area contributed by atoms with Crippen molar-refractivity contribution in [2.24, 2.45) is 0 Å². The van der Waals surface area contributed by atoms with Crippen molar-refractivity contribution in [3.8, 4) is 0 Å². The van der Waals surface area contributed by atoms with Crippen molar-refractivity contribution >= 4 is 6.03 Å². The second kappa shape index (κ2) is 6.96. The zero-order valence-corrected chi connectivity index (χ0v) is 10.7. The number of halogens is 1. The topological polar surface area (TPSA) is 52.6 Å². The van der Waals surface area contributed by atoms with Crippen LogP contribution < -0.4 is 5.32 Å². The van der Waals surface area contributed by atoms with E-state index in [1.807, 2.05) is 0 Å². The monoisotopic (exact) mass is 254 g/mol. The van der Waals surface area contributed by atoms with Crippen LogP contribution in [-0.2, 0) is 6.54 Å². The zero-order chi connectivity index (χ0) is 13.5. The fraction of sp³-hybridized carbons (Fsp3) is 0.462. The average Bonchev–Trinajstić information content (AvgIpc) is 2.34. The molecule has 5 heteroatoms. The number of carbonyl (C=O) groups excluding carboxylic acids is 1. The number of nitrogens with one attached hydrogen (secondary N) is 1. The molecule has 0 radical (unpaired) electrons. The Morgan fingerprint density at radius 3 is 2.78 bits per heavy atom. The van der Waals surface area contributed by atoms with Gasteiger partial charge in [-0.15, -0.1) is 0 Å². The molecule has 0 aliphatic heterocycles. The maximum absolute atomic E-state index is 13.3. The quantitative estimate of drug-likeness (QED) is 0.841. The summed E-state index contributed by atoms with van der Waals surface area (Å²) in [5.41, 5.74) is 0.453. The van der Waals surface area contributed by atoms with E-state index >= 15 is 0 Å². The van der Waals surface area contributed by atoms with E-state index in [-0.39, 0.29) is 18.4 Å². The van der Waals surface area contributed by atoms with E-state index < -0.39 is 6.10 Å². The second-order valence-corrected chi connectivity index (χ2v) is 4.31. The minimum Gasteiger partial charge on any atom is -0.393 e. The van der Waals surface area contributed by atoms with Gasteiger partial charge in [-0.2, -0.15) is 0 Å². The number of carbonyl (C=O) groups is 1. The van der Waals surface area contributed by atoms with Crippen LogP contribution in [-0.4, -0.2) is 35.7 Å². The van der Waals surface area contributed by atoms with Crippen molar-refractivity contribution in [3.05, 3.63) is 35.6 Å². The summed E-state index contributed by atoms with van der Waals surface area (Å²) in [5, 5.41) is 11.7. The molecule has 1 aromatic carbocycles. The highest BCUT2D eigenvalue weighted by Crippen LogP contribution is 2.05. The number of nitrogens with zero attached hydrogens (tertiary/aromatic N) is 1. The lowest BCUT2D eigenvalue weighted by atomic mass is 10.2. The Labute approximate surface area is 106 Å². The number of rotatable bonds is 5. The van der Waals surface area contributed by atoms with E-state index in [0.717, 1.165) is 0 Å².